The Morgan fingerprint density at radius 2 is 2.00 bits per heavy atom. The summed E-state index contributed by atoms with van der Waals surface area (Å²) in [5.41, 5.74) is 0.796. The number of hydrogen-bond donors (Lipinski definition) is 2. The SMILES string of the molecule is CCOc1nc(NC)nc(Nc2ccc(Cl)cc2Br)n1. The third-order valence-electron chi connectivity index (χ3n) is 2.29. The number of ether oxygens (including phenoxy) is 1. The number of hydrogen-bond acceptors (Lipinski definition) is 6. The molecule has 1 heterocycles. The van der Waals surface area contributed by atoms with E-state index in [4.69, 9.17) is 16.3 Å². The predicted molar refractivity (Wildman–Crippen MR) is 83.0 cm³/mol. The van der Waals surface area contributed by atoms with E-state index in [2.05, 4.69) is 41.5 Å². The van der Waals surface area contributed by atoms with E-state index in [0.29, 0.717) is 23.5 Å². The van der Waals surface area contributed by atoms with Crippen molar-refractivity contribution in [2.45, 2.75) is 6.92 Å². The molecule has 2 rings (SSSR count). The molecule has 0 aliphatic rings. The lowest BCUT2D eigenvalue weighted by Crippen LogP contribution is -2.07. The first kappa shape index (κ1) is 14.8. The van der Waals surface area contributed by atoms with Crippen molar-refractivity contribution in [3.8, 4) is 6.01 Å². The van der Waals surface area contributed by atoms with Crippen LogP contribution >= 0.6 is 27.5 Å². The second-order valence-electron chi connectivity index (χ2n) is 3.70. The number of benzene rings is 1. The normalized spacial score (nSPS) is 10.2. The van der Waals surface area contributed by atoms with Gasteiger partial charge in [-0.2, -0.15) is 15.0 Å². The summed E-state index contributed by atoms with van der Waals surface area (Å²) in [6.07, 6.45) is 0. The molecular formula is C12H13BrClN5O. The summed E-state index contributed by atoms with van der Waals surface area (Å²) in [5, 5.41) is 6.59. The van der Waals surface area contributed by atoms with Crippen molar-refractivity contribution >= 4 is 45.1 Å². The fourth-order valence-electron chi connectivity index (χ4n) is 1.43. The number of nitrogens with zero attached hydrogens (tertiary/aromatic N) is 3. The van der Waals surface area contributed by atoms with Gasteiger partial charge in [-0.05, 0) is 41.1 Å². The number of nitrogens with one attached hydrogen (secondary N) is 2. The van der Waals surface area contributed by atoms with Crippen LogP contribution < -0.4 is 15.4 Å². The Morgan fingerprint density at radius 1 is 1.25 bits per heavy atom. The predicted octanol–water partition coefficient (Wildman–Crippen LogP) is 3.47. The highest BCUT2D eigenvalue weighted by Crippen LogP contribution is 2.28. The minimum absolute atomic E-state index is 0.263. The Bertz CT molecular complexity index is 610. The summed E-state index contributed by atoms with van der Waals surface area (Å²) in [6, 6.07) is 5.65. The highest BCUT2D eigenvalue weighted by atomic mass is 79.9. The summed E-state index contributed by atoms with van der Waals surface area (Å²) in [6.45, 7) is 2.35. The number of aromatic nitrogens is 3. The van der Waals surface area contributed by atoms with Crippen LogP contribution in [0.25, 0.3) is 0 Å². The zero-order valence-electron chi connectivity index (χ0n) is 10.9. The lowest BCUT2D eigenvalue weighted by atomic mass is 10.3. The van der Waals surface area contributed by atoms with Gasteiger partial charge in [0.25, 0.3) is 0 Å². The maximum absolute atomic E-state index is 5.91. The molecule has 0 amide bonds. The van der Waals surface area contributed by atoms with Crippen LogP contribution in [0.1, 0.15) is 6.92 Å². The van der Waals surface area contributed by atoms with Gasteiger partial charge in [0.1, 0.15) is 0 Å². The molecular weight excluding hydrogens is 346 g/mol. The van der Waals surface area contributed by atoms with Crippen LogP contribution in [0.2, 0.25) is 5.02 Å². The summed E-state index contributed by atoms with van der Waals surface area (Å²) >= 11 is 9.33. The molecule has 0 saturated heterocycles. The molecule has 2 N–H and O–H groups in total. The average molecular weight is 359 g/mol. The third kappa shape index (κ3) is 3.71. The zero-order chi connectivity index (χ0) is 14.5. The minimum Gasteiger partial charge on any atom is -0.464 e. The summed E-state index contributed by atoms with van der Waals surface area (Å²) < 4.78 is 6.12. The van der Waals surface area contributed by atoms with Crippen LogP contribution in [-0.2, 0) is 0 Å². The van der Waals surface area contributed by atoms with E-state index in [1.807, 2.05) is 13.0 Å². The van der Waals surface area contributed by atoms with Gasteiger partial charge in [-0.15, -0.1) is 0 Å². The van der Waals surface area contributed by atoms with Crippen LogP contribution in [0.3, 0.4) is 0 Å². The van der Waals surface area contributed by atoms with Crippen LogP contribution in [0.4, 0.5) is 17.6 Å². The van der Waals surface area contributed by atoms with Crippen molar-refractivity contribution < 1.29 is 4.74 Å². The first-order valence-corrected chi connectivity index (χ1v) is 7.08. The highest BCUT2D eigenvalue weighted by Gasteiger charge is 2.08. The number of anilines is 3. The summed E-state index contributed by atoms with van der Waals surface area (Å²) in [4.78, 5) is 12.5. The van der Waals surface area contributed by atoms with Crippen molar-refractivity contribution in [1.82, 2.24) is 15.0 Å². The van der Waals surface area contributed by atoms with E-state index in [0.717, 1.165) is 10.2 Å². The van der Waals surface area contributed by atoms with Crippen LogP contribution in [-0.4, -0.2) is 28.6 Å². The van der Waals surface area contributed by atoms with Gasteiger partial charge in [0.2, 0.25) is 11.9 Å². The van der Waals surface area contributed by atoms with E-state index in [9.17, 15) is 0 Å². The quantitative estimate of drug-likeness (QED) is 0.852. The topological polar surface area (TPSA) is 72.0 Å². The molecule has 0 aliphatic heterocycles. The number of rotatable bonds is 5. The zero-order valence-corrected chi connectivity index (χ0v) is 13.3. The van der Waals surface area contributed by atoms with Crippen LogP contribution in [0.15, 0.2) is 22.7 Å². The van der Waals surface area contributed by atoms with Gasteiger partial charge in [-0.25, -0.2) is 0 Å². The fourth-order valence-corrected chi connectivity index (χ4v) is 2.21. The fraction of sp³-hybridized carbons (Fsp3) is 0.250. The second kappa shape index (κ2) is 6.71. The van der Waals surface area contributed by atoms with Crippen molar-refractivity contribution in [2.75, 3.05) is 24.3 Å². The van der Waals surface area contributed by atoms with E-state index in [1.54, 1.807) is 19.2 Å². The Balaban J connectivity index is 2.29. The maximum atomic E-state index is 5.91. The lowest BCUT2D eigenvalue weighted by Gasteiger charge is -2.10. The molecule has 0 spiro atoms. The molecule has 6 nitrogen and oxygen atoms in total. The van der Waals surface area contributed by atoms with Gasteiger partial charge < -0.3 is 15.4 Å². The lowest BCUT2D eigenvalue weighted by molar-refractivity contribution is 0.312. The Morgan fingerprint density at radius 3 is 2.65 bits per heavy atom. The minimum atomic E-state index is 0.263. The Hall–Kier alpha value is -1.60. The van der Waals surface area contributed by atoms with E-state index < -0.39 is 0 Å². The van der Waals surface area contributed by atoms with Crippen molar-refractivity contribution in [3.63, 3.8) is 0 Å². The molecule has 0 atom stereocenters. The van der Waals surface area contributed by atoms with Gasteiger partial charge in [-0.3, -0.25) is 0 Å². The summed E-state index contributed by atoms with van der Waals surface area (Å²) in [5.74, 6) is 0.812. The molecule has 0 saturated carbocycles. The molecule has 0 radical (unpaired) electrons. The molecule has 0 bridgehead atoms. The van der Waals surface area contributed by atoms with Crippen molar-refractivity contribution in [3.05, 3.63) is 27.7 Å². The molecule has 106 valence electrons. The van der Waals surface area contributed by atoms with Crippen molar-refractivity contribution in [2.24, 2.45) is 0 Å². The molecule has 1 aromatic heterocycles. The van der Waals surface area contributed by atoms with E-state index >= 15 is 0 Å². The second-order valence-corrected chi connectivity index (χ2v) is 4.99. The maximum Gasteiger partial charge on any atom is 0.323 e. The third-order valence-corrected chi connectivity index (χ3v) is 3.18. The molecule has 0 unspecified atom stereocenters. The Labute approximate surface area is 130 Å². The molecule has 0 fully saturated rings. The van der Waals surface area contributed by atoms with Crippen LogP contribution in [0.5, 0.6) is 6.01 Å². The first-order valence-electron chi connectivity index (χ1n) is 5.91. The average Bonchev–Trinajstić information content (AvgIpc) is 2.42. The van der Waals surface area contributed by atoms with Crippen molar-refractivity contribution in [1.29, 1.82) is 0 Å². The molecule has 20 heavy (non-hydrogen) atoms. The van der Waals surface area contributed by atoms with E-state index in [1.165, 1.54) is 0 Å². The monoisotopic (exact) mass is 357 g/mol. The van der Waals surface area contributed by atoms with Gasteiger partial charge in [0.15, 0.2) is 0 Å². The van der Waals surface area contributed by atoms with Crippen LogP contribution in [0, 0.1) is 0 Å². The first-order chi connectivity index (χ1) is 9.62. The number of halogens is 2. The van der Waals surface area contributed by atoms with Gasteiger partial charge in [-0.1, -0.05) is 11.6 Å². The van der Waals surface area contributed by atoms with Gasteiger partial charge >= 0.3 is 6.01 Å². The molecule has 1 aromatic carbocycles. The van der Waals surface area contributed by atoms with E-state index in [-0.39, 0.29) is 6.01 Å². The van der Waals surface area contributed by atoms with Gasteiger partial charge in [0.05, 0.1) is 12.3 Å². The standard InChI is InChI=1S/C12H13BrClN5O/c1-3-20-12-18-10(15-2)17-11(19-12)16-9-5-4-7(14)6-8(9)13/h4-6H,3H2,1-2H3,(H2,15,16,17,18,19). The smallest absolute Gasteiger partial charge is 0.323 e. The largest absolute Gasteiger partial charge is 0.464 e. The molecule has 8 heteroatoms. The Kier molecular flexibility index (Phi) is 4.97. The summed E-state index contributed by atoms with van der Waals surface area (Å²) in [7, 11) is 1.73. The molecule has 2 aromatic rings. The molecule has 0 aliphatic carbocycles. The van der Waals surface area contributed by atoms with Gasteiger partial charge in [0, 0.05) is 16.5 Å². The highest BCUT2D eigenvalue weighted by molar-refractivity contribution is 9.10.